The molecule has 0 unspecified atom stereocenters. The summed E-state index contributed by atoms with van der Waals surface area (Å²) in [6.45, 7) is 14.9. The van der Waals surface area contributed by atoms with Crippen molar-refractivity contribution >= 4 is 147 Å². The highest BCUT2D eigenvalue weighted by atomic mass is 35.5. The van der Waals surface area contributed by atoms with Crippen LogP contribution in [0.5, 0.6) is 23.0 Å². The Bertz CT molecular complexity index is 4450. The number of nitrogens with zero attached hydrogens (tertiary/aromatic N) is 6. The maximum atomic E-state index is 12.4. The van der Waals surface area contributed by atoms with E-state index in [2.05, 4.69) is 61.3 Å². The van der Waals surface area contributed by atoms with E-state index in [0.717, 1.165) is 98.6 Å². The zero-order valence-electron chi connectivity index (χ0n) is 46.1. The molecule has 12 rings (SSSR count). The van der Waals surface area contributed by atoms with Gasteiger partial charge in [-0.1, -0.05) is 12.1 Å². The zero-order valence-corrected chi connectivity index (χ0v) is 51.8. The number of ether oxygens (including phenoxy) is 2. The highest BCUT2D eigenvalue weighted by molar-refractivity contribution is 7.87. The summed E-state index contributed by atoms with van der Waals surface area (Å²) in [6.07, 6.45) is 5.30. The topological polar surface area (TPSA) is 228 Å². The molecule has 0 bridgehead atoms. The molecule has 7 aromatic carbocycles. The summed E-state index contributed by atoms with van der Waals surface area (Å²) in [4.78, 5) is 31.9. The molecule has 23 heteroatoms. The van der Waals surface area contributed by atoms with Crippen molar-refractivity contribution < 1.29 is 32.1 Å². The Morgan fingerprint density at radius 2 is 1.20 bits per heavy atom. The number of aryl methyl sites for hydroxylation is 7. The SMILES string of the molecule is C#Cc1nc2ccc(OS(=O)(=O)c3ccc([N+](=O)[O-])c(C)c3)cc2s1.COc1ccc2nc(C)sc2c1.Cc1nc2c(C)cc(NCc3cccc(N)c3)cc2s1.Cc1nc2c(C)cc(O)cc2s1.Cc1nc2ccc(OCCCl)cc2s1. The maximum Gasteiger partial charge on any atom is 0.339 e. The summed E-state index contributed by atoms with van der Waals surface area (Å²) in [6, 6.07) is 35.7. The van der Waals surface area contributed by atoms with E-state index < -0.39 is 15.0 Å². The predicted octanol–water partition coefficient (Wildman–Crippen LogP) is 15.8. The van der Waals surface area contributed by atoms with Gasteiger partial charge in [-0.3, -0.25) is 10.1 Å². The number of hydrogen-bond acceptors (Lipinski definition) is 20. The van der Waals surface area contributed by atoms with Crippen LogP contribution in [0.3, 0.4) is 0 Å². The van der Waals surface area contributed by atoms with Gasteiger partial charge in [0.1, 0.15) is 34.5 Å². The largest absolute Gasteiger partial charge is 0.508 e. The number of aromatic hydroxyl groups is 1. The van der Waals surface area contributed by atoms with E-state index in [1.54, 1.807) is 70.7 Å². The molecule has 5 aromatic heterocycles. The minimum atomic E-state index is -4.12. The molecular weight excluding hydrogens is 1190 g/mol. The summed E-state index contributed by atoms with van der Waals surface area (Å²) < 4.78 is 45.8. The second-order valence-corrected chi connectivity index (χ2v) is 26.2. The third-order valence-electron chi connectivity index (χ3n) is 11.9. The van der Waals surface area contributed by atoms with Gasteiger partial charge < -0.3 is 29.8 Å². The number of anilines is 2. The second-order valence-electron chi connectivity index (χ2n) is 18.3. The number of methoxy groups -OCH3 is 1. The lowest BCUT2D eigenvalue weighted by atomic mass is 10.1. The molecule has 0 aliphatic carbocycles. The van der Waals surface area contributed by atoms with E-state index in [0.29, 0.717) is 33.5 Å². The molecular formula is C60H55ClN8O8S6. The number of rotatable bonds is 11. The molecule has 0 saturated carbocycles. The number of nitrogen functional groups attached to an aromatic ring is 1. The summed E-state index contributed by atoms with van der Waals surface area (Å²) in [7, 11) is -2.45. The Kier molecular flexibility index (Phi) is 20.1. The molecule has 0 atom stereocenters. The lowest BCUT2D eigenvalue weighted by Crippen LogP contribution is -2.10. The van der Waals surface area contributed by atoms with Gasteiger partial charge in [-0.15, -0.1) is 74.7 Å². The first kappa shape index (κ1) is 61.1. The van der Waals surface area contributed by atoms with Gasteiger partial charge in [-0.2, -0.15) is 8.42 Å². The van der Waals surface area contributed by atoms with Crippen molar-refractivity contribution in [3.05, 3.63) is 179 Å². The maximum absolute atomic E-state index is 12.4. The first-order chi connectivity index (χ1) is 39.7. The van der Waals surface area contributed by atoms with E-state index in [1.807, 2.05) is 89.2 Å². The molecule has 16 nitrogen and oxygen atoms in total. The molecule has 0 aliphatic heterocycles. The third-order valence-corrected chi connectivity index (χ3v) is 17.9. The van der Waals surface area contributed by atoms with Gasteiger partial charge in [0.05, 0.1) is 89.0 Å². The number of terminal acetylenes is 1. The number of halogens is 1. The van der Waals surface area contributed by atoms with Crippen molar-refractivity contribution in [1.82, 2.24) is 24.9 Å². The Morgan fingerprint density at radius 3 is 1.81 bits per heavy atom. The van der Waals surface area contributed by atoms with Crippen LogP contribution in [0, 0.1) is 70.9 Å². The standard InChI is InChI=1S/C16H17N3S.C16H10N2O5S2.C10H10ClNOS.2C9H9NOS/c1-10-6-14(8-15-16(10)19-11(2)20-15)18-9-12-4-3-5-13(17)7-12;1-3-16-17-13-6-4-11(9-15(13)24-16)23-25(21,22)12-5-7-14(18(19)20)10(2)8-12;1-7-12-9-3-2-8(13-5-4-11)6-10(9)14-7;1-5-3-7(11)4-8-9(5)10-6(2)12-8;1-6-10-8-4-3-7(11-2)5-9(8)12-6/h3-8,18H,9,17H2,1-2H3;1,4-9H,2H3;2-3,6H,4-5H2,1H3;3-4,11H,1-2H3;3-5H,1-2H3. The van der Waals surface area contributed by atoms with Gasteiger partial charge >= 0.3 is 10.1 Å². The number of thiazole rings is 5. The quantitative estimate of drug-likeness (QED) is 0.0273. The summed E-state index contributed by atoms with van der Waals surface area (Å²) in [5.74, 6) is 5.12. The molecule has 0 spiro atoms. The van der Waals surface area contributed by atoms with Crippen LogP contribution >= 0.6 is 68.3 Å². The summed E-state index contributed by atoms with van der Waals surface area (Å²) in [5, 5.41) is 28.4. The number of phenolic OH excluding ortho intramolecular Hbond substituents is 1. The fraction of sp³-hybridized carbons (Fsp3) is 0.183. The fourth-order valence-electron chi connectivity index (χ4n) is 8.20. The van der Waals surface area contributed by atoms with Gasteiger partial charge in [-0.05, 0) is 168 Å². The second kappa shape index (κ2) is 27.4. The minimum Gasteiger partial charge on any atom is -0.508 e. The van der Waals surface area contributed by atoms with Gasteiger partial charge in [0.25, 0.3) is 5.69 Å². The van der Waals surface area contributed by atoms with E-state index in [-0.39, 0.29) is 21.9 Å². The average molecular weight is 1240 g/mol. The first-order valence-corrected chi connectivity index (χ1v) is 31.3. The number of hydrogen-bond donors (Lipinski definition) is 3. The number of nitro benzene ring substituents is 1. The lowest BCUT2D eigenvalue weighted by molar-refractivity contribution is -0.385. The van der Waals surface area contributed by atoms with Crippen molar-refractivity contribution in [1.29, 1.82) is 0 Å². The van der Waals surface area contributed by atoms with Crippen LogP contribution in [-0.2, 0) is 16.7 Å². The van der Waals surface area contributed by atoms with E-state index in [9.17, 15) is 23.6 Å². The van der Waals surface area contributed by atoms with Gasteiger partial charge in [-0.25, -0.2) is 24.9 Å². The van der Waals surface area contributed by atoms with Crippen molar-refractivity contribution in [2.75, 3.05) is 30.6 Å². The number of fused-ring (bicyclic) bond motifs is 5. The van der Waals surface area contributed by atoms with Crippen molar-refractivity contribution in [3.8, 4) is 35.3 Å². The van der Waals surface area contributed by atoms with Crippen LogP contribution in [0.1, 0.15) is 47.3 Å². The normalized spacial score (nSPS) is 10.9. The smallest absolute Gasteiger partial charge is 0.339 e. The van der Waals surface area contributed by atoms with Gasteiger partial charge in [0.15, 0.2) is 5.01 Å². The minimum absolute atomic E-state index is 0.107. The van der Waals surface area contributed by atoms with Crippen molar-refractivity contribution in [3.63, 3.8) is 0 Å². The number of nitro groups is 1. The highest BCUT2D eigenvalue weighted by Gasteiger charge is 2.21. The molecule has 0 radical (unpaired) electrons. The molecule has 83 heavy (non-hydrogen) atoms. The first-order valence-electron chi connectivity index (χ1n) is 25.2. The van der Waals surface area contributed by atoms with Crippen LogP contribution < -0.4 is 24.7 Å². The van der Waals surface area contributed by atoms with E-state index in [4.69, 9.17) is 37.4 Å². The Hall–Kier alpha value is -8.01. The van der Waals surface area contributed by atoms with Gasteiger partial charge in [0.2, 0.25) is 0 Å². The number of aromatic nitrogens is 5. The molecule has 0 fully saturated rings. The van der Waals surface area contributed by atoms with Crippen LogP contribution in [0.2, 0.25) is 0 Å². The van der Waals surface area contributed by atoms with Crippen LogP contribution in [0.25, 0.3) is 51.1 Å². The van der Waals surface area contributed by atoms with Gasteiger partial charge in [0, 0.05) is 35.6 Å². The molecule has 0 amide bonds. The number of nitrogens with one attached hydrogen (secondary N) is 1. The lowest BCUT2D eigenvalue weighted by Gasteiger charge is -2.08. The molecule has 12 aromatic rings. The number of phenols is 1. The van der Waals surface area contributed by atoms with E-state index >= 15 is 0 Å². The average Bonchev–Trinajstić information content (AvgIpc) is 4.51. The number of nitrogens with two attached hydrogens (primary N) is 1. The Balaban J connectivity index is 0.000000140. The monoisotopic (exact) mass is 1240 g/mol. The van der Waals surface area contributed by atoms with E-state index in [1.165, 1.54) is 57.0 Å². The molecule has 0 saturated heterocycles. The zero-order chi connectivity index (χ0) is 59.5. The molecule has 5 heterocycles. The van der Waals surface area contributed by atoms with Crippen LogP contribution in [-0.4, -0.2) is 63.0 Å². The van der Waals surface area contributed by atoms with Crippen LogP contribution in [0.4, 0.5) is 17.1 Å². The molecule has 426 valence electrons. The van der Waals surface area contributed by atoms with Crippen LogP contribution in [0.15, 0.2) is 126 Å². The molecule has 4 N–H and O–H groups in total. The highest BCUT2D eigenvalue weighted by Crippen LogP contribution is 2.33. The Morgan fingerprint density at radius 1 is 0.651 bits per heavy atom. The number of alkyl halides is 1. The third kappa shape index (κ3) is 16.2. The molecule has 0 aliphatic rings. The van der Waals surface area contributed by atoms with Crippen molar-refractivity contribution in [2.24, 2.45) is 0 Å². The fourth-order valence-corrected chi connectivity index (χ4v) is 13.7. The summed E-state index contributed by atoms with van der Waals surface area (Å²) in [5.41, 5.74) is 16.1. The predicted molar refractivity (Wildman–Crippen MR) is 343 cm³/mol. The summed E-state index contributed by atoms with van der Waals surface area (Å²) >= 11 is 13.5. The Labute approximate surface area is 504 Å². The van der Waals surface area contributed by atoms with Crippen molar-refractivity contribution in [2.45, 2.75) is 59.9 Å². The number of benzene rings is 7.